The van der Waals surface area contributed by atoms with Crippen molar-refractivity contribution in [3.8, 4) is 5.75 Å². The molecule has 1 saturated carbocycles. The van der Waals surface area contributed by atoms with Gasteiger partial charge in [0, 0.05) is 23.5 Å². The highest BCUT2D eigenvalue weighted by Gasteiger charge is 2.43. The van der Waals surface area contributed by atoms with E-state index >= 15 is 0 Å². The van der Waals surface area contributed by atoms with E-state index < -0.39 is 18.1 Å². The highest BCUT2D eigenvalue weighted by Crippen LogP contribution is 2.43. The number of rotatable bonds is 5. The second-order valence-electron chi connectivity index (χ2n) is 11.0. The highest BCUT2D eigenvalue weighted by atomic mass is 19.4. The lowest BCUT2D eigenvalue weighted by Crippen LogP contribution is -2.53. The fourth-order valence-corrected chi connectivity index (χ4v) is 6.83. The third-order valence-electron chi connectivity index (χ3n) is 8.79. The molecule has 3 N–H and O–H groups in total. The number of carboxylic acid groups (broad SMARTS) is 1. The van der Waals surface area contributed by atoms with Crippen molar-refractivity contribution in [3.63, 3.8) is 0 Å². The van der Waals surface area contributed by atoms with Gasteiger partial charge in [-0.3, -0.25) is 9.69 Å². The smallest absolute Gasteiger partial charge is 0.391 e. The maximum absolute atomic E-state index is 13.0. The summed E-state index contributed by atoms with van der Waals surface area (Å²) in [6.07, 6.45) is 1.20. The molecule has 5 nitrogen and oxygen atoms in total. The maximum atomic E-state index is 13.0. The first-order valence-corrected chi connectivity index (χ1v) is 13.2. The minimum atomic E-state index is -4.13. The number of halogens is 3. The summed E-state index contributed by atoms with van der Waals surface area (Å²) in [4.78, 5) is 14.2. The predicted molar refractivity (Wildman–Crippen MR) is 133 cm³/mol. The molecule has 8 heteroatoms. The first-order valence-electron chi connectivity index (χ1n) is 13.2. The third kappa shape index (κ3) is 4.89. The van der Waals surface area contributed by atoms with Gasteiger partial charge in [0.1, 0.15) is 5.75 Å². The van der Waals surface area contributed by atoms with Gasteiger partial charge in [-0.05, 0) is 81.4 Å². The summed E-state index contributed by atoms with van der Waals surface area (Å²) in [5, 5.41) is 11.4. The van der Waals surface area contributed by atoms with Crippen LogP contribution in [0.25, 0.3) is 10.8 Å². The van der Waals surface area contributed by atoms with Crippen LogP contribution in [0.4, 0.5) is 18.9 Å². The summed E-state index contributed by atoms with van der Waals surface area (Å²) in [5.41, 5.74) is 8.14. The molecule has 2 bridgehead atoms. The van der Waals surface area contributed by atoms with Gasteiger partial charge in [-0.25, -0.2) is 0 Å². The highest BCUT2D eigenvalue weighted by molar-refractivity contribution is 5.96. The molecule has 2 aromatic rings. The predicted octanol–water partition coefficient (Wildman–Crippen LogP) is 6.70. The van der Waals surface area contributed by atoms with E-state index in [0.29, 0.717) is 37.1 Å². The second kappa shape index (κ2) is 9.77. The molecule has 0 aromatic heterocycles. The molecule has 5 rings (SSSR count). The van der Waals surface area contributed by atoms with Gasteiger partial charge < -0.3 is 15.6 Å². The molecule has 3 atom stereocenters. The number of aliphatic carboxylic acids is 1. The Morgan fingerprint density at radius 1 is 1.06 bits per heavy atom. The minimum Gasteiger partial charge on any atom is -0.488 e. The molecule has 0 spiro atoms. The fraction of sp³-hybridized carbons (Fsp3) is 0.607. The van der Waals surface area contributed by atoms with Gasteiger partial charge in [0.2, 0.25) is 0 Å². The number of nitrogen functional groups attached to an aromatic ring is 1. The number of nitrogens with two attached hydrogens (primary N) is 1. The maximum Gasteiger partial charge on any atom is 0.391 e. The molecule has 2 heterocycles. The Balaban J connectivity index is 1.31. The van der Waals surface area contributed by atoms with Crippen LogP contribution in [0.2, 0.25) is 0 Å². The molecule has 1 aliphatic carbocycles. The Bertz CT molecular complexity index is 1100. The number of alkyl halides is 3. The van der Waals surface area contributed by atoms with Crippen LogP contribution in [0.15, 0.2) is 30.3 Å². The molecule has 0 radical (unpaired) electrons. The molecule has 2 aromatic carbocycles. The van der Waals surface area contributed by atoms with Crippen LogP contribution in [0.5, 0.6) is 5.75 Å². The van der Waals surface area contributed by atoms with Gasteiger partial charge in [0.15, 0.2) is 0 Å². The van der Waals surface area contributed by atoms with Crippen LogP contribution in [0, 0.1) is 11.8 Å². The monoisotopic (exact) mass is 504 g/mol. The molecule has 3 aliphatic rings. The number of benzene rings is 2. The van der Waals surface area contributed by atoms with Gasteiger partial charge in [0.25, 0.3) is 0 Å². The number of hydrogen-bond donors (Lipinski definition) is 2. The van der Waals surface area contributed by atoms with Crippen LogP contribution in [0.1, 0.15) is 76.3 Å². The zero-order chi connectivity index (χ0) is 25.6. The van der Waals surface area contributed by atoms with E-state index in [-0.39, 0.29) is 43.0 Å². The Kier molecular flexibility index (Phi) is 6.83. The van der Waals surface area contributed by atoms with Crippen molar-refractivity contribution in [3.05, 3.63) is 35.9 Å². The first-order chi connectivity index (χ1) is 17.1. The van der Waals surface area contributed by atoms with Crippen LogP contribution >= 0.6 is 0 Å². The number of piperidine rings is 2. The van der Waals surface area contributed by atoms with Crippen molar-refractivity contribution >= 4 is 22.4 Å². The number of carbonyl (C=O) groups is 1. The second-order valence-corrected chi connectivity index (χ2v) is 11.0. The number of hydrogen-bond acceptors (Lipinski definition) is 4. The lowest BCUT2D eigenvalue weighted by molar-refractivity contribution is -0.185. The van der Waals surface area contributed by atoms with Crippen LogP contribution < -0.4 is 10.5 Å². The van der Waals surface area contributed by atoms with E-state index in [0.717, 1.165) is 30.0 Å². The lowest BCUT2D eigenvalue weighted by atomic mass is 9.77. The van der Waals surface area contributed by atoms with E-state index in [2.05, 4.69) is 24.0 Å². The minimum absolute atomic E-state index is 0.0919. The van der Waals surface area contributed by atoms with Gasteiger partial charge in [-0.2, -0.15) is 13.2 Å². The van der Waals surface area contributed by atoms with Crippen molar-refractivity contribution in [1.29, 1.82) is 0 Å². The number of carboxylic acids is 1. The summed E-state index contributed by atoms with van der Waals surface area (Å²) >= 11 is 0. The number of nitrogens with zero attached hydrogens (tertiary/aromatic N) is 1. The zero-order valence-electron chi connectivity index (χ0n) is 20.6. The molecule has 2 aliphatic heterocycles. The summed E-state index contributed by atoms with van der Waals surface area (Å²) in [6.45, 7) is 2.20. The summed E-state index contributed by atoms with van der Waals surface area (Å²) in [5.74, 6) is -1.63. The molecule has 3 unspecified atom stereocenters. The summed E-state index contributed by atoms with van der Waals surface area (Å²) < 4.78 is 45.0. The van der Waals surface area contributed by atoms with Gasteiger partial charge in [-0.1, -0.05) is 24.6 Å². The summed E-state index contributed by atoms with van der Waals surface area (Å²) in [7, 11) is 0. The largest absolute Gasteiger partial charge is 0.488 e. The van der Waals surface area contributed by atoms with Gasteiger partial charge in [0.05, 0.1) is 23.6 Å². The number of anilines is 1. The van der Waals surface area contributed by atoms with Crippen molar-refractivity contribution < 1.29 is 27.8 Å². The Morgan fingerprint density at radius 2 is 1.72 bits per heavy atom. The molecule has 36 heavy (non-hydrogen) atoms. The average Bonchev–Trinajstić information content (AvgIpc) is 2.84. The molecule has 2 saturated heterocycles. The normalized spacial score (nSPS) is 30.2. The first kappa shape index (κ1) is 25.2. The molecule has 196 valence electrons. The van der Waals surface area contributed by atoms with Crippen molar-refractivity contribution in [1.82, 2.24) is 4.90 Å². The number of fused-ring (bicyclic) bond motifs is 3. The van der Waals surface area contributed by atoms with Crippen molar-refractivity contribution in [2.24, 2.45) is 11.8 Å². The number of ether oxygens (including phenoxy) is 1. The zero-order valence-corrected chi connectivity index (χ0v) is 20.6. The van der Waals surface area contributed by atoms with E-state index in [4.69, 9.17) is 10.5 Å². The van der Waals surface area contributed by atoms with Crippen LogP contribution in [-0.2, 0) is 4.79 Å². The van der Waals surface area contributed by atoms with Crippen LogP contribution in [0.3, 0.4) is 0 Å². The lowest BCUT2D eigenvalue weighted by Gasteiger charge is -2.51. The van der Waals surface area contributed by atoms with Crippen molar-refractivity contribution in [2.45, 2.75) is 95.1 Å². The van der Waals surface area contributed by atoms with E-state index in [9.17, 15) is 23.1 Å². The van der Waals surface area contributed by atoms with Gasteiger partial charge >= 0.3 is 12.1 Å². The summed E-state index contributed by atoms with van der Waals surface area (Å²) in [6, 6.07) is 10.8. The SMILES string of the molecule is CC(c1ccc2c(N)c(OC3CCC(C(F)(F)F)CC3)ccc2c1)N1C2CCCC1CC(C(=O)O)C2. The molecule has 3 fully saturated rings. The van der Waals surface area contributed by atoms with Crippen LogP contribution in [-0.4, -0.2) is 40.3 Å². The topological polar surface area (TPSA) is 75.8 Å². The van der Waals surface area contributed by atoms with Crippen molar-refractivity contribution in [2.75, 3.05) is 5.73 Å². The quantitative estimate of drug-likeness (QED) is 0.443. The van der Waals surface area contributed by atoms with E-state index in [1.54, 1.807) is 0 Å². The standard InChI is InChI=1S/C28H35F3N2O3/c1-16(33-21-3-2-4-22(33)15-19(14-21)27(34)35)17-5-11-24-18(13-17)6-12-25(26(24)32)36-23-9-7-20(8-10-23)28(29,30)31/h5-6,11-13,16,19-23H,2-4,7-10,14-15,32H2,1H3,(H,34,35). The van der Waals surface area contributed by atoms with E-state index in [1.165, 1.54) is 5.56 Å². The Morgan fingerprint density at radius 3 is 2.33 bits per heavy atom. The Labute approximate surface area is 209 Å². The average molecular weight is 505 g/mol. The Hall–Kier alpha value is -2.48. The molecular weight excluding hydrogens is 469 g/mol. The van der Waals surface area contributed by atoms with E-state index in [1.807, 2.05) is 18.2 Å². The molecule has 0 amide bonds. The third-order valence-corrected chi connectivity index (χ3v) is 8.79. The fourth-order valence-electron chi connectivity index (χ4n) is 6.83. The molecular formula is C28H35F3N2O3. The van der Waals surface area contributed by atoms with Gasteiger partial charge in [-0.15, -0.1) is 0 Å².